The van der Waals surface area contributed by atoms with Crippen LogP contribution in [0.4, 0.5) is 0 Å². The van der Waals surface area contributed by atoms with Crippen LogP contribution in [0, 0.1) is 11.8 Å². The van der Waals surface area contributed by atoms with Crippen molar-refractivity contribution in [2.24, 2.45) is 11.8 Å². The third-order valence-corrected chi connectivity index (χ3v) is 5.38. The van der Waals surface area contributed by atoms with E-state index in [1.807, 2.05) is 0 Å². The molecule has 2 atom stereocenters. The molecule has 0 spiro atoms. The second-order valence-corrected chi connectivity index (χ2v) is 7.13. The first-order chi connectivity index (χ1) is 13.3. The minimum absolute atomic E-state index is 0.109. The summed E-state index contributed by atoms with van der Waals surface area (Å²) in [6, 6.07) is 12.0. The van der Waals surface area contributed by atoms with Gasteiger partial charge < -0.3 is 0 Å². The molecule has 0 bridgehead atoms. The average molecular weight is 353 g/mol. The van der Waals surface area contributed by atoms with Gasteiger partial charge >= 0.3 is 0 Å². The van der Waals surface area contributed by atoms with Crippen LogP contribution in [-0.4, -0.2) is 14.5 Å². The number of nitrogens with zero attached hydrogens (tertiary/aromatic N) is 3. The van der Waals surface area contributed by atoms with Gasteiger partial charge in [0.05, 0.1) is 18.4 Å². The highest BCUT2D eigenvalue weighted by molar-refractivity contribution is 5.76. The molecule has 2 aliphatic carbocycles. The van der Waals surface area contributed by atoms with Crippen molar-refractivity contribution >= 4 is 16.6 Å². The van der Waals surface area contributed by atoms with Crippen LogP contribution in [0.3, 0.4) is 0 Å². The Morgan fingerprint density at radius 3 is 2.85 bits per heavy atom. The van der Waals surface area contributed by atoms with E-state index in [4.69, 9.17) is 0 Å². The van der Waals surface area contributed by atoms with Crippen molar-refractivity contribution in [3.8, 4) is 0 Å². The average Bonchev–Trinajstić information content (AvgIpc) is 3.19. The SMILES string of the molecule is O=c1c2ncccc2ncn1Cc1ccc(C2=CC3CC=CC3C=C2)cc1. The summed E-state index contributed by atoms with van der Waals surface area (Å²) in [6.45, 7) is 0.488. The highest BCUT2D eigenvalue weighted by Gasteiger charge is 2.21. The molecule has 2 aliphatic rings. The van der Waals surface area contributed by atoms with Gasteiger partial charge in [0.15, 0.2) is 5.52 Å². The van der Waals surface area contributed by atoms with Crippen LogP contribution in [-0.2, 0) is 6.54 Å². The fourth-order valence-corrected chi connectivity index (χ4v) is 3.87. The number of fused-ring (bicyclic) bond motifs is 2. The Labute approximate surface area is 157 Å². The Bertz CT molecular complexity index is 1150. The highest BCUT2D eigenvalue weighted by Crippen LogP contribution is 2.35. The van der Waals surface area contributed by atoms with E-state index in [0.29, 0.717) is 29.4 Å². The van der Waals surface area contributed by atoms with Crippen LogP contribution in [0.2, 0.25) is 0 Å². The third-order valence-electron chi connectivity index (χ3n) is 5.38. The first-order valence-electron chi connectivity index (χ1n) is 9.24. The fraction of sp³-hybridized carbons (Fsp3) is 0.174. The molecule has 0 aliphatic heterocycles. The van der Waals surface area contributed by atoms with Crippen molar-refractivity contribution in [1.29, 1.82) is 0 Å². The lowest BCUT2D eigenvalue weighted by atomic mass is 9.86. The van der Waals surface area contributed by atoms with Gasteiger partial charge in [0.1, 0.15) is 0 Å². The lowest BCUT2D eigenvalue weighted by molar-refractivity contribution is 0.599. The molecular weight excluding hydrogens is 334 g/mol. The molecule has 4 nitrogen and oxygen atoms in total. The number of rotatable bonds is 3. The Balaban J connectivity index is 1.39. The van der Waals surface area contributed by atoms with E-state index in [-0.39, 0.29) is 5.56 Å². The van der Waals surface area contributed by atoms with E-state index in [1.165, 1.54) is 11.1 Å². The molecule has 27 heavy (non-hydrogen) atoms. The molecule has 2 aromatic heterocycles. The van der Waals surface area contributed by atoms with E-state index < -0.39 is 0 Å². The minimum Gasteiger partial charge on any atom is -0.293 e. The van der Waals surface area contributed by atoms with Gasteiger partial charge in [0.25, 0.3) is 5.56 Å². The van der Waals surface area contributed by atoms with E-state index >= 15 is 0 Å². The van der Waals surface area contributed by atoms with Gasteiger partial charge in [-0.05, 0) is 41.2 Å². The van der Waals surface area contributed by atoms with Gasteiger partial charge in [-0.1, -0.05) is 54.6 Å². The lowest BCUT2D eigenvalue weighted by Crippen LogP contribution is -2.21. The molecule has 0 radical (unpaired) electrons. The maximum atomic E-state index is 12.6. The van der Waals surface area contributed by atoms with Gasteiger partial charge in [0, 0.05) is 12.1 Å². The number of aromatic nitrogens is 3. The van der Waals surface area contributed by atoms with Crippen molar-refractivity contribution in [3.05, 3.63) is 101 Å². The number of allylic oxidation sites excluding steroid dienone is 6. The van der Waals surface area contributed by atoms with Crippen molar-refractivity contribution in [1.82, 2.24) is 14.5 Å². The first-order valence-corrected chi connectivity index (χ1v) is 9.24. The molecule has 0 amide bonds. The van der Waals surface area contributed by atoms with E-state index in [1.54, 1.807) is 29.2 Å². The molecule has 5 rings (SSSR count). The smallest absolute Gasteiger partial charge is 0.280 e. The summed E-state index contributed by atoms with van der Waals surface area (Å²) in [7, 11) is 0. The van der Waals surface area contributed by atoms with Crippen molar-refractivity contribution < 1.29 is 0 Å². The molecule has 0 fully saturated rings. The van der Waals surface area contributed by atoms with Crippen LogP contribution in [0.5, 0.6) is 0 Å². The Kier molecular flexibility index (Phi) is 3.82. The van der Waals surface area contributed by atoms with E-state index in [2.05, 4.69) is 64.6 Å². The van der Waals surface area contributed by atoms with Crippen LogP contribution in [0.15, 0.2) is 84.1 Å². The summed E-state index contributed by atoms with van der Waals surface area (Å²) in [5.41, 5.74) is 4.49. The third kappa shape index (κ3) is 2.93. The summed E-state index contributed by atoms with van der Waals surface area (Å²) in [6.07, 6.45) is 15.8. The molecular formula is C23H19N3O. The summed E-state index contributed by atoms with van der Waals surface area (Å²) in [5, 5.41) is 0. The molecule has 2 unspecified atom stereocenters. The summed E-state index contributed by atoms with van der Waals surface area (Å²) < 4.78 is 1.61. The van der Waals surface area contributed by atoms with Gasteiger partial charge in [-0.15, -0.1) is 0 Å². The minimum atomic E-state index is -0.109. The van der Waals surface area contributed by atoms with Crippen molar-refractivity contribution in [2.75, 3.05) is 0 Å². The highest BCUT2D eigenvalue weighted by atomic mass is 16.1. The summed E-state index contributed by atoms with van der Waals surface area (Å²) >= 11 is 0. The van der Waals surface area contributed by atoms with Gasteiger partial charge in [-0.3, -0.25) is 9.36 Å². The first kappa shape index (κ1) is 15.9. The summed E-state index contributed by atoms with van der Waals surface area (Å²) in [5.74, 6) is 1.16. The van der Waals surface area contributed by atoms with E-state index in [0.717, 1.165) is 12.0 Å². The monoisotopic (exact) mass is 353 g/mol. The van der Waals surface area contributed by atoms with Crippen LogP contribution in [0.25, 0.3) is 16.6 Å². The second-order valence-electron chi connectivity index (χ2n) is 7.13. The topological polar surface area (TPSA) is 47.8 Å². The van der Waals surface area contributed by atoms with Gasteiger partial charge in [-0.2, -0.15) is 0 Å². The van der Waals surface area contributed by atoms with Crippen LogP contribution in [0.1, 0.15) is 17.5 Å². The molecule has 132 valence electrons. The quantitative estimate of drug-likeness (QED) is 0.669. The predicted octanol–water partition coefficient (Wildman–Crippen LogP) is 3.99. The molecule has 2 heterocycles. The number of hydrogen-bond donors (Lipinski definition) is 0. The zero-order valence-electron chi connectivity index (χ0n) is 14.8. The molecule has 4 heteroatoms. The predicted molar refractivity (Wildman–Crippen MR) is 107 cm³/mol. The maximum Gasteiger partial charge on any atom is 0.280 e. The lowest BCUT2D eigenvalue weighted by Gasteiger charge is -2.19. The van der Waals surface area contributed by atoms with Gasteiger partial charge in [-0.25, -0.2) is 9.97 Å². The standard InChI is InChI=1S/C23H19N3O/c27-23-22-21(5-2-12-24-22)25-15-26(23)14-16-6-8-18(9-7-16)20-11-10-17-3-1-4-19(17)13-20/h1-3,5-13,15,17,19H,4,14H2. The number of pyridine rings is 1. The Morgan fingerprint density at radius 1 is 1.07 bits per heavy atom. The Morgan fingerprint density at radius 2 is 1.96 bits per heavy atom. The second kappa shape index (κ2) is 6.47. The van der Waals surface area contributed by atoms with Crippen molar-refractivity contribution in [3.63, 3.8) is 0 Å². The molecule has 3 aromatic rings. The largest absolute Gasteiger partial charge is 0.293 e. The van der Waals surface area contributed by atoms with Crippen LogP contribution < -0.4 is 5.56 Å². The number of benzene rings is 1. The molecule has 1 aromatic carbocycles. The van der Waals surface area contributed by atoms with Crippen LogP contribution >= 0.6 is 0 Å². The summed E-state index contributed by atoms with van der Waals surface area (Å²) in [4.78, 5) is 21.1. The molecule has 0 saturated heterocycles. The zero-order chi connectivity index (χ0) is 18.2. The Hall–Kier alpha value is -3.27. The zero-order valence-corrected chi connectivity index (χ0v) is 14.8. The molecule has 0 saturated carbocycles. The van der Waals surface area contributed by atoms with Gasteiger partial charge in [0.2, 0.25) is 0 Å². The van der Waals surface area contributed by atoms with Crippen molar-refractivity contribution in [2.45, 2.75) is 13.0 Å². The van der Waals surface area contributed by atoms with E-state index in [9.17, 15) is 4.79 Å². The normalized spacial score (nSPS) is 20.7. The molecule has 0 N–H and O–H groups in total. The number of hydrogen-bond acceptors (Lipinski definition) is 3. The maximum absolute atomic E-state index is 12.6. The fourth-order valence-electron chi connectivity index (χ4n) is 3.87.